The van der Waals surface area contributed by atoms with Gasteiger partial charge in [0.15, 0.2) is 0 Å². The lowest BCUT2D eigenvalue weighted by Crippen LogP contribution is -2.39. The zero-order valence-corrected chi connectivity index (χ0v) is 15.3. The fourth-order valence-corrected chi connectivity index (χ4v) is 2.29. The van der Waals surface area contributed by atoms with E-state index < -0.39 is 11.6 Å². The van der Waals surface area contributed by atoms with Crippen molar-refractivity contribution in [1.82, 2.24) is 10.2 Å². The lowest BCUT2D eigenvalue weighted by atomic mass is 10.0. The minimum atomic E-state index is -0.440. The minimum absolute atomic E-state index is 0.206. The van der Waals surface area contributed by atoms with Crippen LogP contribution in [0.4, 0.5) is 0 Å². The number of carbonyl (C=O) groups is 1. The smallest absolute Gasteiger partial charge is 0.328 e. The normalized spacial score (nSPS) is 13.1. The van der Waals surface area contributed by atoms with Crippen LogP contribution in [0.15, 0.2) is 30.3 Å². The third-order valence-corrected chi connectivity index (χ3v) is 4.27. The third kappa shape index (κ3) is 6.71. The van der Waals surface area contributed by atoms with Gasteiger partial charge >= 0.3 is 5.97 Å². The van der Waals surface area contributed by atoms with Gasteiger partial charge in [0.1, 0.15) is 11.6 Å². The van der Waals surface area contributed by atoms with Gasteiger partial charge in [0.25, 0.3) is 0 Å². The Balaban J connectivity index is 2.76. The molecule has 0 amide bonds. The van der Waals surface area contributed by atoms with E-state index in [4.69, 9.17) is 4.74 Å². The molecule has 1 N–H and O–H groups in total. The fourth-order valence-electron chi connectivity index (χ4n) is 2.29. The number of rotatable bonds is 10. The lowest BCUT2D eigenvalue weighted by molar-refractivity contribution is -0.159. The number of nitrogens with zero attached hydrogens (tertiary/aromatic N) is 1. The molecule has 4 heteroatoms. The maximum atomic E-state index is 12.6. The Morgan fingerprint density at radius 2 is 1.78 bits per heavy atom. The van der Waals surface area contributed by atoms with Gasteiger partial charge in [0.2, 0.25) is 0 Å². The van der Waals surface area contributed by atoms with Gasteiger partial charge in [-0.3, -0.25) is 5.32 Å². The van der Waals surface area contributed by atoms with Crippen LogP contribution in [0, 0.1) is 0 Å². The quantitative estimate of drug-likeness (QED) is 0.671. The van der Waals surface area contributed by atoms with E-state index in [-0.39, 0.29) is 5.97 Å². The Labute approximate surface area is 141 Å². The molecule has 0 fully saturated rings. The first kappa shape index (κ1) is 19.7. The van der Waals surface area contributed by atoms with E-state index in [2.05, 4.69) is 24.1 Å². The predicted octanol–water partition coefficient (Wildman–Crippen LogP) is 3.39. The van der Waals surface area contributed by atoms with Crippen LogP contribution in [0.2, 0.25) is 0 Å². The Morgan fingerprint density at radius 1 is 1.17 bits per heavy atom. The maximum Gasteiger partial charge on any atom is 0.328 e. The second-order valence-electron chi connectivity index (χ2n) is 6.36. The summed E-state index contributed by atoms with van der Waals surface area (Å²) < 4.78 is 5.70. The number of likely N-dealkylation sites (N-methyl/N-ethyl adjacent to an activating group) is 1. The van der Waals surface area contributed by atoms with E-state index >= 15 is 0 Å². The molecule has 1 rings (SSSR count). The first-order chi connectivity index (χ1) is 10.9. The third-order valence-electron chi connectivity index (χ3n) is 4.27. The molecule has 23 heavy (non-hydrogen) atoms. The van der Waals surface area contributed by atoms with E-state index in [0.29, 0.717) is 0 Å². The second-order valence-corrected chi connectivity index (χ2v) is 6.36. The first-order valence-corrected chi connectivity index (χ1v) is 8.67. The molecule has 1 unspecified atom stereocenters. The summed E-state index contributed by atoms with van der Waals surface area (Å²) in [5.41, 5.74) is 0.508. The van der Waals surface area contributed by atoms with Crippen molar-refractivity contribution >= 4 is 5.97 Å². The van der Waals surface area contributed by atoms with Crippen LogP contribution in [0.3, 0.4) is 0 Å². The summed E-state index contributed by atoms with van der Waals surface area (Å²) in [5.74, 6) is -0.206. The molecule has 1 atom stereocenters. The Hall–Kier alpha value is -1.39. The largest absolute Gasteiger partial charge is 0.458 e. The van der Waals surface area contributed by atoms with E-state index in [1.165, 1.54) is 0 Å². The van der Waals surface area contributed by atoms with Gasteiger partial charge in [-0.05, 0) is 38.9 Å². The monoisotopic (exact) mass is 320 g/mol. The molecule has 1 aromatic rings. The van der Waals surface area contributed by atoms with Crippen molar-refractivity contribution < 1.29 is 9.53 Å². The molecule has 0 aliphatic heterocycles. The number of ether oxygens (including phenoxy) is 1. The predicted molar refractivity (Wildman–Crippen MR) is 95.4 cm³/mol. The molecule has 0 bridgehead atoms. The standard InChI is InChI=1S/C19H32N2O2/c1-6-19(4,5)23-18(22)17(16-12-10-9-11-13-16)20-14-15-21(7-2)8-3/h9-13,17,20H,6-8,14-15H2,1-5H3. The maximum absolute atomic E-state index is 12.6. The fraction of sp³-hybridized carbons (Fsp3) is 0.632. The van der Waals surface area contributed by atoms with Crippen LogP contribution >= 0.6 is 0 Å². The molecule has 0 saturated heterocycles. The van der Waals surface area contributed by atoms with Gasteiger partial charge in [0.05, 0.1) is 0 Å². The van der Waals surface area contributed by atoms with Crippen LogP contribution in [0.5, 0.6) is 0 Å². The molecule has 0 saturated carbocycles. The van der Waals surface area contributed by atoms with Crippen molar-refractivity contribution in [2.45, 2.75) is 52.7 Å². The number of carbonyl (C=O) groups excluding carboxylic acids is 1. The molecule has 0 radical (unpaired) electrons. The van der Waals surface area contributed by atoms with Crippen LogP contribution in [0.25, 0.3) is 0 Å². The molecule has 1 aromatic carbocycles. The topological polar surface area (TPSA) is 41.6 Å². The van der Waals surface area contributed by atoms with Gasteiger partial charge in [-0.2, -0.15) is 0 Å². The summed E-state index contributed by atoms with van der Waals surface area (Å²) in [6.07, 6.45) is 0.791. The SMILES string of the molecule is CCN(CC)CCNC(C(=O)OC(C)(C)CC)c1ccccc1. The zero-order chi connectivity index (χ0) is 17.3. The highest BCUT2D eigenvalue weighted by Crippen LogP contribution is 2.20. The highest BCUT2D eigenvalue weighted by atomic mass is 16.6. The van der Waals surface area contributed by atoms with E-state index in [1.807, 2.05) is 51.1 Å². The molecule has 0 aromatic heterocycles. The number of benzene rings is 1. The molecule has 4 nitrogen and oxygen atoms in total. The molecule has 0 spiro atoms. The van der Waals surface area contributed by atoms with E-state index in [1.54, 1.807) is 0 Å². The molecule has 130 valence electrons. The van der Waals surface area contributed by atoms with E-state index in [0.717, 1.165) is 38.2 Å². The Morgan fingerprint density at radius 3 is 2.30 bits per heavy atom. The van der Waals surface area contributed by atoms with Gasteiger partial charge < -0.3 is 9.64 Å². The molecular formula is C19H32N2O2. The highest BCUT2D eigenvalue weighted by Gasteiger charge is 2.27. The number of hydrogen-bond acceptors (Lipinski definition) is 4. The minimum Gasteiger partial charge on any atom is -0.458 e. The first-order valence-electron chi connectivity index (χ1n) is 8.67. The highest BCUT2D eigenvalue weighted by molar-refractivity contribution is 5.78. The average molecular weight is 320 g/mol. The van der Waals surface area contributed by atoms with Crippen molar-refractivity contribution in [3.8, 4) is 0 Å². The second kappa shape index (κ2) is 9.68. The van der Waals surface area contributed by atoms with Crippen molar-refractivity contribution in [2.75, 3.05) is 26.2 Å². The summed E-state index contributed by atoms with van der Waals surface area (Å²) in [6.45, 7) is 13.9. The van der Waals surface area contributed by atoms with Crippen molar-refractivity contribution in [1.29, 1.82) is 0 Å². The Kier molecular flexibility index (Phi) is 8.28. The average Bonchev–Trinajstić information content (AvgIpc) is 2.55. The molecular weight excluding hydrogens is 288 g/mol. The van der Waals surface area contributed by atoms with Crippen molar-refractivity contribution in [3.63, 3.8) is 0 Å². The van der Waals surface area contributed by atoms with Crippen LogP contribution in [0.1, 0.15) is 52.6 Å². The summed E-state index contributed by atoms with van der Waals surface area (Å²) in [6, 6.07) is 9.37. The molecule has 0 aliphatic rings. The molecule has 0 heterocycles. The number of esters is 1. The zero-order valence-electron chi connectivity index (χ0n) is 15.3. The number of nitrogens with one attached hydrogen (secondary N) is 1. The van der Waals surface area contributed by atoms with Gasteiger partial charge in [-0.15, -0.1) is 0 Å². The summed E-state index contributed by atoms with van der Waals surface area (Å²) in [4.78, 5) is 15.0. The summed E-state index contributed by atoms with van der Waals surface area (Å²) in [5, 5.41) is 3.37. The van der Waals surface area contributed by atoms with Gasteiger partial charge in [-0.25, -0.2) is 4.79 Å². The summed E-state index contributed by atoms with van der Waals surface area (Å²) >= 11 is 0. The van der Waals surface area contributed by atoms with Crippen LogP contribution < -0.4 is 5.32 Å². The van der Waals surface area contributed by atoms with Gasteiger partial charge in [-0.1, -0.05) is 51.1 Å². The lowest BCUT2D eigenvalue weighted by Gasteiger charge is -2.28. The van der Waals surface area contributed by atoms with E-state index in [9.17, 15) is 4.79 Å². The Bertz CT molecular complexity index is 456. The summed E-state index contributed by atoms with van der Waals surface area (Å²) in [7, 11) is 0. The van der Waals surface area contributed by atoms with Crippen molar-refractivity contribution in [3.05, 3.63) is 35.9 Å². The van der Waals surface area contributed by atoms with Crippen molar-refractivity contribution in [2.24, 2.45) is 0 Å². The van der Waals surface area contributed by atoms with Crippen LogP contribution in [-0.4, -0.2) is 42.6 Å². The molecule has 0 aliphatic carbocycles. The van der Waals surface area contributed by atoms with Gasteiger partial charge in [0, 0.05) is 13.1 Å². The van der Waals surface area contributed by atoms with Crippen LogP contribution in [-0.2, 0) is 9.53 Å². The number of hydrogen-bond donors (Lipinski definition) is 1.